The Morgan fingerprint density at radius 1 is 1.03 bits per heavy atom. The fraction of sp³-hybridized carbons (Fsp3) is 0.462. The molecule has 2 atom stereocenters. The number of nitrogens with zero attached hydrogens (tertiary/aromatic N) is 1. The van der Waals surface area contributed by atoms with Crippen LogP contribution >= 0.6 is 0 Å². The number of rotatable bonds is 12. The monoisotopic (exact) mass is 455 g/mol. The fourth-order valence-corrected chi connectivity index (χ4v) is 4.18. The van der Waals surface area contributed by atoms with E-state index in [-0.39, 0.29) is 11.3 Å². The van der Waals surface area contributed by atoms with E-state index in [1.165, 1.54) is 25.3 Å². The molecular formula is C26H33NO6. The second-order valence-electron chi connectivity index (χ2n) is 8.25. The summed E-state index contributed by atoms with van der Waals surface area (Å²) >= 11 is 0. The fourth-order valence-electron chi connectivity index (χ4n) is 4.18. The third-order valence-corrected chi connectivity index (χ3v) is 5.80. The summed E-state index contributed by atoms with van der Waals surface area (Å²) in [5.41, 5.74) is 1.63. The van der Waals surface area contributed by atoms with Crippen molar-refractivity contribution in [1.82, 2.24) is 0 Å². The van der Waals surface area contributed by atoms with Gasteiger partial charge in [-0.15, -0.1) is 0 Å². The molecule has 0 radical (unpaired) electrons. The molecule has 0 aliphatic carbocycles. The smallest absolute Gasteiger partial charge is 0.334 e. The lowest BCUT2D eigenvalue weighted by Gasteiger charge is -2.30. The van der Waals surface area contributed by atoms with E-state index in [9.17, 15) is 24.6 Å². The number of carbonyl (C=O) groups excluding carboxylic acids is 1. The van der Waals surface area contributed by atoms with Crippen molar-refractivity contribution in [2.24, 2.45) is 10.9 Å². The Labute approximate surface area is 194 Å². The quantitative estimate of drug-likeness (QED) is 0.254. The van der Waals surface area contributed by atoms with Gasteiger partial charge in [-0.2, -0.15) is 0 Å². The van der Waals surface area contributed by atoms with Gasteiger partial charge in [-0.1, -0.05) is 63.3 Å². The number of esters is 1. The molecule has 2 rings (SSSR count). The summed E-state index contributed by atoms with van der Waals surface area (Å²) in [4.78, 5) is 40.4. The molecule has 1 aliphatic heterocycles. The van der Waals surface area contributed by atoms with Crippen molar-refractivity contribution in [3.8, 4) is 0 Å². The minimum atomic E-state index is -1.21. The maximum absolute atomic E-state index is 12.2. The van der Waals surface area contributed by atoms with Crippen molar-refractivity contribution in [2.75, 3.05) is 6.61 Å². The maximum Gasteiger partial charge on any atom is 0.334 e. The molecule has 2 unspecified atom stereocenters. The van der Waals surface area contributed by atoms with Crippen LogP contribution in [0.3, 0.4) is 0 Å². The third-order valence-electron chi connectivity index (χ3n) is 5.80. The van der Waals surface area contributed by atoms with Crippen molar-refractivity contribution >= 4 is 29.7 Å². The number of benzene rings is 1. The van der Waals surface area contributed by atoms with E-state index in [0.29, 0.717) is 23.4 Å². The van der Waals surface area contributed by atoms with Crippen LogP contribution < -0.4 is 0 Å². The minimum Gasteiger partial charge on any atom is -0.481 e. The van der Waals surface area contributed by atoms with Crippen LogP contribution in [0.2, 0.25) is 0 Å². The van der Waals surface area contributed by atoms with Gasteiger partial charge < -0.3 is 14.9 Å². The number of unbranched alkanes of at least 4 members (excludes halogenated alkanes) is 5. The first-order chi connectivity index (χ1) is 15.8. The molecule has 2 N–H and O–H groups in total. The number of aliphatic carboxylic acids is 2. The summed E-state index contributed by atoms with van der Waals surface area (Å²) in [5.74, 6) is -4.90. The maximum atomic E-state index is 12.2. The highest BCUT2D eigenvalue weighted by atomic mass is 16.5. The van der Waals surface area contributed by atoms with Crippen LogP contribution in [0.15, 0.2) is 46.6 Å². The van der Waals surface area contributed by atoms with Crippen LogP contribution in [-0.2, 0) is 19.1 Å². The summed E-state index contributed by atoms with van der Waals surface area (Å²) in [6.07, 6.45) is 9.40. The molecule has 7 heteroatoms. The highest BCUT2D eigenvalue weighted by Crippen LogP contribution is 2.40. The lowest BCUT2D eigenvalue weighted by Crippen LogP contribution is -2.35. The molecule has 0 bridgehead atoms. The van der Waals surface area contributed by atoms with Gasteiger partial charge in [0, 0.05) is 23.4 Å². The van der Waals surface area contributed by atoms with Gasteiger partial charge in [0.2, 0.25) is 0 Å². The van der Waals surface area contributed by atoms with Gasteiger partial charge >= 0.3 is 17.9 Å². The summed E-state index contributed by atoms with van der Waals surface area (Å²) in [6, 6.07) is 6.89. The molecule has 1 heterocycles. The second-order valence-corrected chi connectivity index (χ2v) is 8.25. The number of carboxylic acids is 2. The molecule has 0 amide bonds. The number of hydrogen-bond donors (Lipinski definition) is 2. The van der Waals surface area contributed by atoms with Gasteiger partial charge in [0.1, 0.15) is 5.92 Å². The average molecular weight is 456 g/mol. The van der Waals surface area contributed by atoms with Gasteiger partial charge in [-0.25, -0.2) is 9.59 Å². The molecule has 1 aromatic rings. The number of aliphatic imine (C=N–C) groups is 1. The molecule has 1 aromatic carbocycles. The first-order valence-corrected chi connectivity index (χ1v) is 11.4. The van der Waals surface area contributed by atoms with Crippen LogP contribution in [0.25, 0.3) is 6.08 Å². The topological polar surface area (TPSA) is 113 Å². The van der Waals surface area contributed by atoms with E-state index in [1.807, 2.05) is 0 Å². The minimum absolute atomic E-state index is 0.0560. The number of carboxylic acid groups (broad SMARTS) is 2. The van der Waals surface area contributed by atoms with Gasteiger partial charge in [0.15, 0.2) is 0 Å². The Morgan fingerprint density at radius 2 is 1.70 bits per heavy atom. The van der Waals surface area contributed by atoms with Crippen molar-refractivity contribution < 1.29 is 29.3 Å². The molecular weight excluding hydrogens is 422 g/mol. The molecule has 1 aliphatic rings. The molecule has 0 saturated carbocycles. The zero-order chi connectivity index (χ0) is 24.4. The van der Waals surface area contributed by atoms with Crippen LogP contribution in [-0.4, -0.2) is 40.4 Å². The van der Waals surface area contributed by atoms with Gasteiger partial charge in [-0.3, -0.25) is 9.79 Å². The van der Waals surface area contributed by atoms with E-state index < -0.39 is 29.7 Å². The van der Waals surface area contributed by atoms with Gasteiger partial charge in [0.05, 0.1) is 12.2 Å². The zero-order valence-corrected chi connectivity index (χ0v) is 19.5. The predicted octanol–water partition coefficient (Wildman–Crippen LogP) is 5.22. The zero-order valence-electron chi connectivity index (χ0n) is 19.5. The highest BCUT2D eigenvalue weighted by Gasteiger charge is 2.41. The SMILES string of the molecule is CCCCCCCCOC(=O)C=Cc1ccccc1C1C(C(=O)O)=C(C)N=C(C)C1C(=O)O. The van der Waals surface area contributed by atoms with Crippen LogP contribution in [0, 0.1) is 5.92 Å². The second kappa shape index (κ2) is 12.7. The lowest BCUT2D eigenvalue weighted by atomic mass is 9.74. The van der Waals surface area contributed by atoms with Crippen LogP contribution in [0.1, 0.15) is 76.3 Å². The molecule has 0 fully saturated rings. The Bertz CT molecular complexity index is 959. The molecule has 178 valence electrons. The van der Waals surface area contributed by atoms with Crippen molar-refractivity contribution in [2.45, 2.75) is 65.2 Å². The Morgan fingerprint density at radius 3 is 2.36 bits per heavy atom. The summed E-state index contributed by atoms with van der Waals surface area (Å²) < 4.78 is 5.27. The first kappa shape index (κ1) is 26.0. The van der Waals surface area contributed by atoms with Gasteiger partial charge in [-0.05, 0) is 37.5 Å². The molecule has 0 spiro atoms. The third kappa shape index (κ3) is 7.14. The van der Waals surface area contributed by atoms with E-state index >= 15 is 0 Å². The molecule has 0 aromatic heterocycles. The summed E-state index contributed by atoms with van der Waals surface area (Å²) in [7, 11) is 0. The molecule has 33 heavy (non-hydrogen) atoms. The molecule has 0 saturated heterocycles. The normalized spacial score (nSPS) is 18.3. The van der Waals surface area contributed by atoms with E-state index in [2.05, 4.69) is 11.9 Å². The van der Waals surface area contributed by atoms with Gasteiger partial charge in [0.25, 0.3) is 0 Å². The number of hydrogen-bond acceptors (Lipinski definition) is 5. The van der Waals surface area contributed by atoms with Crippen LogP contribution in [0.4, 0.5) is 0 Å². The van der Waals surface area contributed by atoms with E-state index in [0.717, 1.165) is 19.3 Å². The number of ether oxygens (including phenoxy) is 1. The Hall–Kier alpha value is -3.22. The Kier molecular flexibility index (Phi) is 10.0. The first-order valence-electron chi connectivity index (χ1n) is 11.4. The average Bonchev–Trinajstić information content (AvgIpc) is 2.76. The predicted molar refractivity (Wildman–Crippen MR) is 127 cm³/mol. The van der Waals surface area contributed by atoms with E-state index in [4.69, 9.17) is 4.74 Å². The number of carbonyl (C=O) groups is 3. The van der Waals surface area contributed by atoms with Crippen molar-refractivity contribution in [3.63, 3.8) is 0 Å². The standard InChI is InChI=1S/C26H33NO6/c1-4-5-6-7-8-11-16-33-21(28)15-14-19-12-9-10-13-20(19)24-22(25(29)30)17(2)27-18(3)23(24)26(31)32/h9-10,12-15,22,24H,4-8,11,16H2,1-3H3,(H,29,30)(H,31,32). The summed E-state index contributed by atoms with van der Waals surface area (Å²) in [5, 5.41) is 19.6. The largest absolute Gasteiger partial charge is 0.481 e. The van der Waals surface area contributed by atoms with Crippen LogP contribution in [0.5, 0.6) is 0 Å². The number of allylic oxidation sites excluding steroid dienone is 1. The molecule has 7 nitrogen and oxygen atoms in total. The highest BCUT2D eigenvalue weighted by molar-refractivity contribution is 6.06. The van der Waals surface area contributed by atoms with Crippen molar-refractivity contribution in [3.05, 3.63) is 52.7 Å². The Balaban J connectivity index is 2.20. The van der Waals surface area contributed by atoms with E-state index in [1.54, 1.807) is 44.2 Å². The summed E-state index contributed by atoms with van der Waals surface area (Å²) in [6.45, 7) is 5.67. The van der Waals surface area contributed by atoms with Crippen molar-refractivity contribution in [1.29, 1.82) is 0 Å². The lowest BCUT2D eigenvalue weighted by molar-refractivity contribution is -0.140.